The van der Waals surface area contributed by atoms with Gasteiger partial charge in [0, 0.05) is 19.0 Å². The molecule has 1 unspecified atom stereocenters. The first-order valence-electron chi connectivity index (χ1n) is 9.33. The predicted octanol–water partition coefficient (Wildman–Crippen LogP) is 2.78. The fraction of sp³-hybridized carbons (Fsp3) is 0.579. The van der Waals surface area contributed by atoms with Crippen LogP contribution in [0.15, 0.2) is 23.3 Å². The van der Waals surface area contributed by atoms with Crippen LogP contribution in [0.2, 0.25) is 0 Å². The average Bonchev–Trinajstić information content (AvgIpc) is 3.13. The summed E-state index contributed by atoms with van der Waals surface area (Å²) in [6.07, 6.45) is 0.181. The molecule has 0 bridgehead atoms. The van der Waals surface area contributed by atoms with Crippen molar-refractivity contribution in [2.24, 2.45) is 11.0 Å². The molecule has 9 heteroatoms. The van der Waals surface area contributed by atoms with Gasteiger partial charge in [0.25, 0.3) is 5.96 Å². The van der Waals surface area contributed by atoms with E-state index in [2.05, 4.69) is 5.10 Å². The van der Waals surface area contributed by atoms with E-state index in [9.17, 15) is 14.9 Å². The summed E-state index contributed by atoms with van der Waals surface area (Å²) in [5.41, 5.74) is 1.68. The number of aryl methyl sites for hydroxylation is 2. The Hall–Kier alpha value is -2.68. The first-order chi connectivity index (χ1) is 13.1. The van der Waals surface area contributed by atoms with E-state index < -0.39 is 11.1 Å². The van der Waals surface area contributed by atoms with Gasteiger partial charge < -0.3 is 14.4 Å². The number of amides is 1. The lowest BCUT2D eigenvalue weighted by molar-refractivity contribution is -0.486. The van der Waals surface area contributed by atoms with Gasteiger partial charge in [0.05, 0.1) is 18.8 Å². The second-order valence-corrected chi connectivity index (χ2v) is 8.01. The van der Waals surface area contributed by atoms with Gasteiger partial charge in [0.15, 0.2) is 5.03 Å². The summed E-state index contributed by atoms with van der Waals surface area (Å²) in [6.45, 7) is 9.73. The van der Waals surface area contributed by atoms with Crippen molar-refractivity contribution in [1.29, 1.82) is 0 Å². The molecular weight excluding hydrogens is 364 g/mol. The van der Waals surface area contributed by atoms with Crippen molar-refractivity contribution in [2.45, 2.75) is 39.7 Å². The Balaban J connectivity index is 1.73. The van der Waals surface area contributed by atoms with Crippen molar-refractivity contribution in [3.63, 3.8) is 0 Å². The number of hydrogen-bond acceptors (Lipinski definition) is 5. The number of nitro groups is 1. The summed E-state index contributed by atoms with van der Waals surface area (Å²) in [5.74, 6) is 0.673. The van der Waals surface area contributed by atoms with Crippen LogP contribution in [0.25, 0.3) is 0 Å². The van der Waals surface area contributed by atoms with Crippen LogP contribution in [0.4, 0.5) is 4.79 Å². The molecule has 0 aromatic heterocycles. The molecule has 2 saturated heterocycles. The summed E-state index contributed by atoms with van der Waals surface area (Å²) < 4.78 is 11.2. The van der Waals surface area contributed by atoms with E-state index in [0.717, 1.165) is 17.5 Å². The summed E-state index contributed by atoms with van der Waals surface area (Å²) >= 11 is 0. The van der Waals surface area contributed by atoms with Crippen molar-refractivity contribution in [1.82, 2.24) is 9.80 Å². The number of benzene rings is 1. The topological polar surface area (TPSA) is 97.5 Å². The van der Waals surface area contributed by atoms with Crippen molar-refractivity contribution in [3.8, 4) is 5.75 Å². The number of carbonyl (C=O) groups is 1. The number of ether oxygens (including phenoxy) is 2. The van der Waals surface area contributed by atoms with Crippen LogP contribution in [0.5, 0.6) is 5.75 Å². The third kappa shape index (κ3) is 4.59. The monoisotopic (exact) mass is 390 g/mol. The van der Waals surface area contributed by atoms with Crippen LogP contribution in [0, 0.1) is 29.9 Å². The minimum atomic E-state index is -0.778. The molecular formula is C19H26N4O5. The van der Waals surface area contributed by atoms with E-state index in [-0.39, 0.29) is 24.0 Å². The van der Waals surface area contributed by atoms with Crippen molar-refractivity contribution >= 4 is 12.1 Å². The fourth-order valence-corrected chi connectivity index (χ4v) is 3.78. The Morgan fingerprint density at radius 2 is 2.14 bits per heavy atom. The highest BCUT2D eigenvalue weighted by molar-refractivity contribution is 5.96. The minimum Gasteiger partial charge on any atom is -0.410 e. The maximum absolute atomic E-state index is 12.7. The maximum Gasteiger partial charge on any atom is 0.422 e. The highest BCUT2D eigenvalue weighted by atomic mass is 16.7. The van der Waals surface area contributed by atoms with Gasteiger partial charge in [-0.1, -0.05) is 17.7 Å². The molecule has 1 aromatic rings. The van der Waals surface area contributed by atoms with Crippen LogP contribution in [-0.2, 0) is 4.74 Å². The van der Waals surface area contributed by atoms with Gasteiger partial charge in [0.2, 0.25) is 0 Å². The molecule has 0 spiro atoms. The van der Waals surface area contributed by atoms with Crippen molar-refractivity contribution in [2.75, 3.05) is 26.2 Å². The van der Waals surface area contributed by atoms with E-state index in [4.69, 9.17) is 9.47 Å². The molecule has 28 heavy (non-hydrogen) atoms. The van der Waals surface area contributed by atoms with Gasteiger partial charge in [-0.2, -0.15) is 0 Å². The molecule has 2 aliphatic rings. The van der Waals surface area contributed by atoms with Crippen molar-refractivity contribution < 1.29 is 19.3 Å². The van der Waals surface area contributed by atoms with Crippen LogP contribution in [0.3, 0.4) is 0 Å². The van der Waals surface area contributed by atoms with Crippen LogP contribution < -0.4 is 4.74 Å². The zero-order valence-electron chi connectivity index (χ0n) is 16.7. The molecule has 0 N–H and O–H groups in total. The molecule has 0 radical (unpaired) electrons. The summed E-state index contributed by atoms with van der Waals surface area (Å²) in [4.78, 5) is 26.7. The highest BCUT2D eigenvalue weighted by Crippen LogP contribution is 2.30. The second kappa shape index (κ2) is 7.75. The maximum atomic E-state index is 12.7. The van der Waals surface area contributed by atoms with Crippen LogP contribution in [-0.4, -0.2) is 58.7 Å². The van der Waals surface area contributed by atoms with Crippen molar-refractivity contribution in [3.05, 3.63) is 39.4 Å². The van der Waals surface area contributed by atoms with E-state index in [1.54, 1.807) is 11.0 Å². The summed E-state index contributed by atoms with van der Waals surface area (Å²) in [6, 6.07) is 5.48. The zero-order chi connectivity index (χ0) is 20.5. The van der Waals surface area contributed by atoms with Crippen LogP contribution in [0.1, 0.15) is 31.4 Å². The number of nitrogens with zero attached hydrogens (tertiary/aromatic N) is 4. The molecule has 2 aliphatic heterocycles. The smallest absolute Gasteiger partial charge is 0.410 e. The molecule has 0 saturated carbocycles. The van der Waals surface area contributed by atoms with Crippen LogP contribution >= 0.6 is 0 Å². The van der Waals surface area contributed by atoms with Gasteiger partial charge in [-0.05, 0) is 45.7 Å². The first kappa shape index (κ1) is 20.1. The van der Waals surface area contributed by atoms with Gasteiger partial charge in [-0.3, -0.25) is 0 Å². The number of guanidine groups is 1. The second-order valence-electron chi connectivity index (χ2n) is 8.01. The standard InChI is InChI=1S/C19H26N4O5/c1-13-5-6-16(14(2)9-13)28-18(24)22-8-7-21(17(22)20-23(25)26)11-15-10-19(3,4)27-12-15/h5-6,9,15H,7-8,10-12H2,1-4H3. The predicted molar refractivity (Wildman–Crippen MR) is 103 cm³/mol. The molecule has 0 aliphatic carbocycles. The Morgan fingerprint density at radius 1 is 1.39 bits per heavy atom. The Labute approximate surface area is 164 Å². The molecule has 152 valence electrons. The average molecular weight is 390 g/mol. The summed E-state index contributed by atoms with van der Waals surface area (Å²) in [7, 11) is 0. The fourth-order valence-electron chi connectivity index (χ4n) is 3.78. The SMILES string of the molecule is Cc1ccc(OC(=O)N2CCN(CC3COC(C)(C)C3)C2=N[N+](=O)[O-])c(C)c1. The molecule has 2 fully saturated rings. The van der Waals surface area contributed by atoms with Gasteiger partial charge in [-0.15, -0.1) is 0 Å². The van der Waals surface area contributed by atoms with E-state index in [1.807, 2.05) is 39.8 Å². The number of rotatable bonds is 4. The van der Waals surface area contributed by atoms with E-state index in [0.29, 0.717) is 25.4 Å². The van der Waals surface area contributed by atoms with Gasteiger partial charge in [0.1, 0.15) is 10.9 Å². The zero-order valence-corrected chi connectivity index (χ0v) is 16.7. The molecule has 1 atom stereocenters. The largest absolute Gasteiger partial charge is 0.422 e. The molecule has 3 rings (SSSR count). The Kier molecular flexibility index (Phi) is 5.55. The highest BCUT2D eigenvalue weighted by Gasteiger charge is 2.39. The normalized spacial score (nSPS) is 22.7. The lowest BCUT2D eigenvalue weighted by Crippen LogP contribution is -2.41. The number of hydrazone groups is 1. The third-order valence-electron chi connectivity index (χ3n) is 5.01. The lowest BCUT2D eigenvalue weighted by atomic mass is 9.97. The lowest BCUT2D eigenvalue weighted by Gasteiger charge is -2.22. The Morgan fingerprint density at radius 3 is 2.75 bits per heavy atom. The van der Waals surface area contributed by atoms with Gasteiger partial charge >= 0.3 is 6.09 Å². The molecule has 1 amide bonds. The first-order valence-corrected chi connectivity index (χ1v) is 9.33. The molecule has 9 nitrogen and oxygen atoms in total. The van der Waals surface area contributed by atoms with Gasteiger partial charge in [-0.25, -0.2) is 19.8 Å². The number of carbonyl (C=O) groups excluding carboxylic acids is 1. The van der Waals surface area contributed by atoms with E-state index in [1.165, 1.54) is 4.90 Å². The quantitative estimate of drug-likeness (QED) is 0.579. The molecule has 2 heterocycles. The van der Waals surface area contributed by atoms with E-state index >= 15 is 0 Å². The Bertz CT molecular complexity index is 808. The summed E-state index contributed by atoms with van der Waals surface area (Å²) in [5, 5.41) is 13.7. The minimum absolute atomic E-state index is 0.0180. The number of hydrogen-bond donors (Lipinski definition) is 0. The molecule has 1 aromatic carbocycles. The third-order valence-corrected chi connectivity index (χ3v) is 5.01.